The monoisotopic (exact) mass is 258 g/mol. The van der Waals surface area contributed by atoms with Crippen LogP contribution in [0.1, 0.15) is 17.0 Å². The summed E-state index contributed by atoms with van der Waals surface area (Å²) in [5.41, 5.74) is 0. The Morgan fingerprint density at radius 3 is 2.78 bits per heavy atom. The number of carboxylic acid groups (broad SMARTS) is 1. The Labute approximate surface area is 103 Å². The van der Waals surface area contributed by atoms with Gasteiger partial charge < -0.3 is 24.4 Å². The summed E-state index contributed by atoms with van der Waals surface area (Å²) in [6, 6.07) is 0.221. The molecule has 0 aliphatic carbocycles. The molecule has 1 amide bonds. The van der Waals surface area contributed by atoms with E-state index in [1.165, 1.54) is 20.3 Å². The van der Waals surface area contributed by atoms with Crippen LogP contribution in [0.15, 0.2) is 10.6 Å². The normalized spacial score (nSPS) is 11.9. The molecule has 8 heteroatoms. The summed E-state index contributed by atoms with van der Waals surface area (Å²) in [6.07, 6.45) is 0.156. The molecule has 1 heterocycles. The molecule has 0 saturated heterocycles. The second-order valence-corrected chi connectivity index (χ2v) is 3.38. The number of amides is 1. The van der Waals surface area contributed by atoms with E-state index < -0.39 is 17.9 Å². The molecule has 1 unspecified atom stereocenters. The minimum Gasteiger partial charge on any atom is -0.480 e. The van der Waals surface area contributed by atoms with Crippen LogP contribution in [0.25, 0.3) is 0 Å². The number of carbonyl (C=O) groups is 2. The summed E-state index contributed by atoms with van der Waals surface area (Å²) in [5.74, 6) is -1.79. The summed E-state index contributed by atoms with van der Waals surface area (Å²) < 4.78 is 14.2. The number of nitrogens with one attached hydrogen (secondary N) is 1. The van der Waals surface area contributed by atoms with Crippen LogP contribution in [0.2, 0.25) is 0 Å². The van der Waals surface area contributed by atoms with Crippen LogP contribution in [0.4, 0.5) is 0 Å². The molecule has 0 aliphatic heterocycles. The molecule has 0 radical (unpaired) electrons. The first-order chi connectivity index (χ1) is 8.58. The van der Waals surface area contributed by atoms with Gasteiger partial charge >= 0.3 is 5.97 Å². The van der Waals surface area contributed by atoms with E-state index in [1.807, 2.05) is 0 Å². The number of ether oxygens (including phenoxy) is 2. The Morgan fingerprint density at radius 1 is 1.56 bits per heavy atom. The van der Waals surface area contributed by atoms with Gasteiger partial charge in [-0.05, 0) is 5.16 Å². The van der Waals surface area contributed by atoms with Crippen molar-refractivity contribution in [3.8, 4) is 5.88 Å². The van der Waals surface area contributed by atoms with E-state index in [1.54, 1.807) is 0 Å². The number of carboxylic acids is 1. The zero-order chi connectivity index (χ0) is 13.5. The summed E-state index contributed by atoms with van der Waals surface area (Å²) >= 11 is 0. The summed E-state index contributed by atoms with van der Waals surface area (Å²) in [4.78, 5) is 22.5. The van der Waals surface area contributed by atoms with Crippen LogP contribution < -0.4 is 10.1 Å². The standard InChI is InChI=1S/C10H14N2O6/c1-16-4-3-6(10(14)15)11-9(13)7-5-8(17-2)12-18-7/h5-6H,3-4H2,1-2H3,(H,11,13)(H,14,15). The Bertz CT molecular complexity index is 416. The zero-order valence-corrected chi connectivity index (χ0v) is 10.0. The van der Waals surface area contributed by atoms with Gasteiger partial charge in [-0.3, -0.25) is 4.79 Å². The van der Waals surface area contributed by atoms with E-state index in [0.717, 1.165) is 0 Å². The number of hydrogen-bond donors (Lipinski definition) is 2. The van der Waals surface area contributed by atoms with Crippen molar-refractivity contribution in [1.29, 1.82) is 0 Å². The first-order valence-electron chi connectivity index (χ1n) is 5.11. The third-order valence-corrected chi connectivity index (χ3v) is 2.14. The highest BCUT2D eigenvalue weighted by Gasteiger charge is 2.22. The average molecular weight is 258 g/mol. The molecule has 0 fully saturated rings. The fourth-order valence-electron chi connectivity index (χ4n) is 1.18. The summed E-state index contributed by atoms with van der Waals surface area (Å²) in [5, 5.41) is 14.6. The van der Waals surface area contributed by atoms with Gasteiger partial charge in [0.1, 0.15) is 6.04 Å². The van der Waals surface area contributed by atoms with Crippen LogP contribution in [0.5, 0.6) is 5.88 Å². The fourth-order valence-corrected chi connectivity index (χ4v) is 1.18. The lowest BCUT2D eigenvalue weighted by molar-refractivity contribution is -0.139. The van der Waals surface area contributed by atoms with Gasteiger partial charge in [0.2, 0.25) is 5.76 Å². The second-order valence-electron chi connectivity index (χ2n) is 3.38. The Balaban J connectivity index is 2.62. The number of hydrogen-bond acceptors (Lipinski definition) is 6. The maximum absolute atomic E-state index is 11.6. The van der Waals surface area contributed by atoms with E-state index in [-0.39, 0.29) is 24.7 Å². The van der Waals surface area contributed by atoms with Crippen molar-refractivity contribution in [2.24, 2.45) is 0 Å². The minimum atomic E-state index is -1.15. The van der Waals surface area contributed by atoms with E-state index in [9.17, 15) is 9.59 Å². The van der Waals surface area contributed by atoms with E-state index in [2.05, 4.69) is 10.5 Å². The second kappa shape index (κ2) is 6.60. The molecule has 8 nitrogen and oxygen atoms in total. The lowest BCUT2D eigenvalue weighted by Gasteiger charge is -2.12. The smallest absolute Gasteiger partial charge is 0.326 e. The highest BCUT2D eigenvalue weighted by atomic mass is 16.5. The quantitative estimate of drug-likeness (QED) is 0.702. The number of nitrogens with zero attached hydrogens (tertiary/aromatic N) is 1. The molecule has 0 spiro atoms. The fraction of sp³-hybridized carbons (Fsp3) is 0.500. The average Bonchev–Trinajstić information content (AvgIpc) is 2.82. The SMILES string of the molecule is COCCC(NC(=O)c1cc(OC)no1)C(=O)O. The minimum absolute atomic E-state index is 0.115. The van der Waals surface area contributed by atoms with Crippen LogP contribution in [0.3, 0.4) is 0 Å². The van der Waals surface area contributed by atoms with E-state index in [4.69, 9.17) is 19.1 Å². The molecule has 2 N–H and O–H groups in total. The molecule has 1 aromatic rings. The molecule has 0 saturated carbocycles. The molecule has 18 heavy (non-hydrogen) atoms. The number of aromatic nitrogens is 1. The molecule has 100 valence electrons. The van der Waals surface area contributed by atoms with Crippen molar-refractivity contribution in [2.45, 2.75) is 12.5 Å². The van der Waals surface area contributed by atoms with Gasteiger partial charge in [-0.2, -0.15) is 0 Å². The number of aliphatic carboxylic acids is 1. The molecule has 1 aromatic heterocycles. The third-order valence-electron chi connectivity index (χ3n) is 2.14. The van der Waals surface area contributed by atoms with Gasteiger partial charge in [0, 0.05) is 20.1 Å². The number of carbonyl (C=O) groups excluding carboxylic acids is 1. The highest BCUT2D eigenvalue weighted by Crippen LogP contribution is 2.10. The maximum Gasteiger partial charge on any atom is 0.326 e. The molecule has 1 rings (SSSR count). The summed E-state index contributed by atoms with van der Waals surface area (Å²) in [6.45, 7) is 0.219. The van der Waals surface area contributed by atoms with Crippen LogP contribution >= 0.6 is 0 Å². The van der Waals surface area contributed by atoms with Crippen molar-refractivity contribution in [1.82, 2.24) is 10.5 Å². The first-order valence-corrected chi connectivity index (χ1v) is 5.11. The molecule has 1 atom stereocenters. The van der Waals surface area contributed by atoms with Gasteiger partial charge in [-0.1, -0.05) is 0 Å². The molecule has 0 aliphatic rings. The van der Waals surface area contributed by atoms with Crippen molar-refractivity contribution in [2.75, 3.05) is 20.8 Å². The predicted octanol–water partition coefficient (Wildman–Crippen LogP) is -0.0973. The highest BCUT2D eigenvalue weighted by molar-refractivity contribution is 5.94. The molecular weight excluding hydrogens is 244 g/mol. The topological polar surface area (TPSA) is 111 Å². The van der Waals surface area contributed by atoms with Gasteiger partial charge in [-0.15, -0.1) is 0 Å². The van der Waals surface area contributed by atoms with Gasteiger partial charge in [0.15, 0.2) is 0 Å². The lowest BCUT2D eigenvalue weighted by atomic mass is 10.2. The Hall–Kier alpha value is -2.09. The molecular formula is C10H14N2O6. The van der Waals surface area contributed by atoms with Crippen molar-refractivity contribution in [3.05, 3.63) is 11.8 Å². The van der Waals surface area contributed by atoms with Gasteiger partial charge in [0.05, 0.1) is 13.2 Å². The number of rotatable bonds is 7. The van der Waals surface area contributed by atoms with Crippen LogP contribution in [-0.2, 0) is 9.53 Å². The summed E-state index contributed by atoms with van der Waals surface area (Å²) in [7, 11) is 2.82. The van der Waals surface area contributed by atoms with Gasteiger partial charge in [-0.25, -0.2) is 4.79 Å². The predicted molar refractivity (Wildman–Crippen MR) is 58.4 cm³/mol. The van der Waals surface area contributed by atoms with E-state index >= 15 is 0 Å². The van der Waals surface area contributed by atoms with E-state index in [0.29, 0.717) is 0 Å². The van der Waals surface area contributed by atoms with Crippen molar-refractivity contribution in [3.63, 3.8) is 0 Å². The molecule has 0 bridgehead atoms. The number of methoxy groups -OCH3 is 2. The maximum atomic E-state index is 11.6. The van der Waals surface area contributed by atoms with Crippen LogP contribution in [0, 0.1) is 0 Å². The Kier molecular flexibility index (Phi) is 5.12. The van der Waals surface area contributed by atoms with Crippen molar-refractivity contribution < 1.29 is 28.7 Å². The molecule has 0 aromatic carbocycles. The lowest BCUT2D eigenvalue weighted by Crippen LogP contribution is -2.41. The zero-order valence-electron chi connectivity index (χ0n) is 10.0. The van der Waals surface area contributed by atoms with Crippen LogP contribution in [-0.4, -0.2) is 49.0 Å². The largest absolute Gasteiger partial charge is 0.480 e. The first kappa shape index (κ1) is 14.0. The Morgan fingerprint density at radius 2 is 2.28 bits per heavy atom. The van der Waals surface area contributed by atoms with Crippen molar-refractivity contribution >= 4 is 11.9 Å². The van der Waals surface area contributed by atoms with Gasteiger partial charge in [0.25, 0.3) is 11.8 Å². The third kappa shape index (κ3) is 3.74.